The molecule has 1 aromatic rings. The van der Waals surface area contributed by atoms with Crippen LogP contribution in [0.15, 0.2) is 36.9 Å². The Bertz CT molecular complexity index is 299. The van der Waals surface area contributed by atoms with Crippen molar-refractivity contribution < 1.29 is 15.2 Å². The quantitative estimate of drug-likeness (QED) is 0.500. The van der Waals surface area contributed by atoms with E-state index in [1.807, 2.05) is 24.3 Å². The Balaban J connectivity index is 2.55. The molecule has 0 unspecified atom stereocenters. The number of benzene rings is 1. The van der Waals surface area contributed by atoms with E-state index < -0.39 is 0 Å². The molecular weight excluding hydrogens is 190 g/mol. The third-order valence-corrected chi connectivity index (χ3v) is 2.03. The van der Waals surface area contributed by atoms with Crippen LogP contribution in [-0.4, -0.2) is 24.9 Å². The van der Waals surface area contributed by atoms with Gasteiger partial charge in [-0.25, -0.2) is 0 Å². The Kier molecular flexibility index (Phi) is 5.51. The highest BCUT2D eigenvalue weighted by Crippen LogP contribution is 2.16. The molecular formula is C12H18NO2+. The number of nitrogens with two attached hydrogens (primary N) is 1. The first kappa shape index (κ1) is 11.8. The molecule has 0 aliphatic heterocycles. The maximum atomic E-state index is 8.68. The van der Waals surface area contributed by atoms with Gasteiger partial charge in [0.15, 0.2) is 0 Å². The van der Waals surface area contributed by atoms with Crippen molar-refractivity contribution in [1.82, 2.24) is 0 Å². The average Bonchev–Trinajstić information content (AvgIpc) is 2.28. The molecule has 3 nitrogen and oxygen atoms in total. The lowest BCUT2D eigenvalue weighted by Gasteiger charge is -2.08. The van der Waals surface area contributed by atoms with E-state index >= 15 is 0 Å². The summed E-state index contributed by atoms with van der Waals surface area (Å²) in [4.78, 5) is 0. The minimum Gasteiger partial charge on any atom is -0.489 e. The highest BCUT2D eigenvalue weighted by atomic mass is 16.5. The van der Waals surface area contributed by atoms with Gasteiger partial charge in [0.2, 0.25) is 0 Å². The molecule has 0 aliphatic carbocycles. The van der Waals surface area contributed by atoms with Crippen molar-refractivity contribution in [2.45, 2.75) is 6.54 Å². The number of ether oxygens (including phenoxy) is 1. The van der Waals surface area contributed by atoms with Crippen LogP contribution in [0.2, 0.25) is 0 Å². The van der Waals surface area contributed by atoms with Gasteiger partial charge in [0.25, 0.3) is 0 Å². The molecule has 1 rings (SSSR count). The molecule has 1 aromatic carbocycles. The van der Waals surface area contributed by atoms with Crippen molar-refractivity contribution in [2.75, 3.05) is 19.8 Å². The molecule has 0 aliphatic rings. The maximum Gasteiger partial charge on any atom is 0.128 e. The van der Waals surface area contributed by atoms with Crippen LogP contribution in [0.1, 0.15) is 5.56 Å². The van der Waals surface area contributed by atoms with Gasteiger partial charge < -0.3 is 15.2 Å². The second-order valence-corrected chi connectivity index (χ2v) is 3.21. The van der Waals surface area contributed by atoms with Gasteiger partial charge in [0.05, 0.1) is 13.2 Å². The van der Waals surface area contributed by atoms with E-state index in [2.05, 4.69) is 11.9 Å². The van der Waals surface area contributed by atoms with E-state index in [1.54, 1.807) is 6.08 Å². The standard InChI is InChI=1S/C12H17NO2/c1-2-9-15-12-6-4-3-5-11(12)10-13-7-8-14/h2-6,13-14H,1,7-10H2/p+1. The number of rotatable bonds is 7. The first-order valence-corrected chi connectivity index (χ1v) is 5.12. The lowest BCUT2D eigenvalue weighted by atomic mass is 10.2. The zero-order chi connectivity index (χ0) is 10.9. The largest absolute Gasteiger partial charge is 0.489 e. The Morgan fingerprint density at radius 1 is 1.40 bits per heavy atom. The van der Waals surface area contributed by atoms with Gasteiger partial charge in [0, 0.05) is 5.56 Å². The van der Waals surface area contributed by atoms with Crippen molar-refractivity contribution in [2.24, 2.45) is 0 Å². The Morgan fingerprint density at radius 2 is 2.20 bits per heavy atom. The summed E-state index contributed by atoms with van der Waals surface area (Å²) in [6, 6.07) is 7.93. The first-order valence-electron chi connectivity index (χ1n) is 5.12. The first-order chi connectivity index (χ1) is 7.38. The Morgan fingerprint density at radius 3 is 2.93 bits per heavy atom. The summed E-state index contributed by atoms with van der Waals surface area (Å²) >= 11 is 0. The molecule has 0 radical (unpaired) electrons. The molecule has 0 spiro atoms. The SMILES string of the molecule is C=CCOc1ccccc1C[NH2+]CCO. The van der Waals surface area contributed by atoms with Gasteiger partial charge in [-0.3, -0.25) is 0 Å². The third-order valence-electron chi connectivity index (χ3n) is 2.03. The van der Waals surface area contributed by atoms with E-state index in [0.717, 1.165) is 24.4 Å². The molecule has 0 amide bonds. The fourth-order valence-electron chi connectivity index (χ4n) is 1.31. The lowest BCUT2D eigenvalue weighted by molar-refractivity contribution is -0.671. The van der Waals surface area contributed by atoms with Crippen molar-refractivity contribution in [3.05, 3.63) is 42.5 Å². The van der Waals surface area contributed by atoms with Crippen LogP contribution < -0.4 is 10.1 Å². The number of para-hydroxylation sites is 1. The van der Waals surface area contributed by atoms with Gasteiger partial charge in [-0.1, -0.05) is 24.8 Å². The molecule has 0 saturated carbocycles. The summed E-state index contributed by atoms with van der Waals surface area (Å²) in [5, 5.41) is 10.7. The molecule has 3 N–H and O–H groups in total. The molecule has 0 fully saturated rings. The number of quaternary nitrogens is 1. The molecule has 0 bridgehead atoms. The smallest absolute Gasteiger partial charge is 0.128 e. The van der Waals surface area contributed by atoms with Crippen molar-refractivity contribution >= 4 is 0 Å². The number of aliphatic hydroxyl groups excluding tert-OH is 1. The normalized spacial score (nSPS) is 9.93. The Labute approximate surface area is 90.4 Å². The summed E-state index contributed by atoms with van der Waals surface area (Å²) in [5.74, 6) is 0.895. The fourth-order valence-corrected chi connectivity index (χ4v) is 1.31. The zero-order valence-electron chi connectivity index (χ0n) is 8.86. The molecule has 0 aromatic heterocycles. The zero-order valence-corrected chi connectivity index (χ0v) is 8.86. The third kappa shape index (κ3) is 4.14. The number of aliphatic hydroxyl groups is 1. The van der Waals surface area contributed by atoms with Crippen molar-refractivity contribution in [3.8, 4) is 5.75 Å². The fraction of sp³-hybridized carbons (Fsp3) is 0.333. The van der Waals surface area contributed by atoms with Gasteiger partial charge in [-0.2, -0.15) is 0 Å². The molecule has 0 atom stereocenters. The minimum atomic E-state index is 0.204. The predicted octanol–water partition coefficient (Wildman–Crippen LogP) is 0.307. The van der Waals surface area contributed by atoms with Crippen LogP contribution in [0.3, 0.4) is 0 Å². The summed E-state index contributed by atoms with van der Waals surface area (Å²) in [6.45, 7) is 5.89. The summed E-state index contributed by atoms with van der Waals surface area (Å²) in [7, 11) is 0. The van der Waals surface area contributed by atoms with Gasteiger partial charge in [-0.15, -0.1) is 0 Å². The van der Waals surface area contributed by atoms with Gasteiger partial charge in [0.1, 0.15) is 18.9 Å². The van der Waals surface area contributed by atoms with Crippen LogP contribution in [0.4, 0.5) is 0 Å². The van der Waals surface area contributed by atoms with Crippen molar-refractivity contribution in [3.63, 3.8) is 0 Å². The number of hydrogen-bond acceptors (Lipinski definition) is 2. The van der Waals surface area contributed by atoms with Crippen LogP contribution in [-0.2, 0) is 6.54 Å². The lowest BCUT2D eigenvalue weighted by Crippen LogP contribution is -2.83. The second-order valence-electron chi connectivity index (χ2n) is 3.21. The Hall–Kier alpha value is -1.32. The topological polar surface area (TPSA) is 46.1 Å². The monoisotopic (exact) mass is 208 g/mol. The summed E-state index contributed by atoms with van der Waals surface area (Å²) in [5.41, 5.74) is 1.15. The highest BCUT2D eigenvalue weighted by Gasteiger charge is 2.03. The van der Waals surface area contributed by atoms with Crippen LogP contribution >= 0.6 is 0 Å². The average molecular weight is 208 g/mol. The van der Waals surface area contributed by atoms with E-state index in [4.69, 9.17) is 9.84 Å². The minimum absolute atomic E-state index is 0.204. The summed E-state index contributed by atoms with van der Waals surface area (Å²) < 4.78 is 5.52. The van der Waals surface area contributed by atoms with E-state index in [9.17, 15) is 0 Å². The van der Waals surface area contributed by atoms with Gasteiger partial charge in [-0.05, 0) is 12.1 Å². The molecule has 0 saturated heterocycles. The van der Waals surface area contributed by atoms with Crippen molar-refractivity contribution in [1.29, 1.82) is 0 Å². The van der Waals surface area contributed by atoms with E-state index in [1.165, 1.54) is 0 Å². The molecule has 0 heterocycles. The molecule has 15 heavy (non-hydrogen) atoms. The van der Waals surface area contributed by atoms with Crippen LogP contribution in [0, 0.1) is 0 Å². The molecule has 82 valence electrons. The van der Waals surface area contributed by atoms with Crippen LogP contribution in [0.5, 0.6) is 5.75 Å². The molecule has 3 heteroatoms. The van der Waals surface area contributed by atoms with Crippen LogP contribution in [0.25, 0.3) is 0 Å². The summed E-state index contributed by atoms with van der Waals surface area (Å²) in [6.07, 6.45) is 1.73. The maximum absolute atomic E-state index is 8.68. The second kappa shape index (κ2) is 7.04. The van der Waals surface area contributed by atoms with E-state index in [0.29, 0.717) is 6.61 Å². The van der Waals surface area contributed by atoms with Gasteiger partial charge >= 0.3 is 0 Å². The van der Waals surface area contributed by atoms with E-state index in [-0.39, 0.29) is 6.61 Å². The number of hydrogen-bond donors (Lipinski definition) is 2. The highest BCUT2D eigenvalue weighted by molar-refractivity contribution is 5.32. The predicted molar refractivity (Wildman–Crippen MR) is 59.7 cm³/mol.